The Morgan fingerprint density at radius 1 is 1.57 bits per heavy atom. The molecule has 2 rings (SSSR count). The van der Waals surface area contributed by atoms with Gasteiger partial charge in [-0.05, 0) is 19.2 Å². The van der Waals surface area contributed by atoms with Crippen LogP contribution in [0.15, 0.2) is 12.1 Å². The zero-order valence-electron chi connectivity index (χ0n) is 7.40. The van der Waals surface area contributed by atoms with Crippen molar-refractivity contribution in [3.63, 3.8) is 0 Å². The number of likely N-dealkylation sites (N-methyl/N-ethyl adjacent to an activating group) is 1. The number of rotatable bonds is 1. The summed E-state index contributed by atoms with van der Waals surface area (Å²) in [5.41, 5.74) is 1.06. The van der Waals surface area contributed by atoms with Crippen LogP contribution in [0, 0.1) is 5.82 Å². The van der Waals surface area contributed by atoms with E-state index in [2.05, 4.69) is 10.6 Å². The Balaban J connectivity index is 2.58. The van der Waals surface area contributed by atoms with E-state index in [0.29, 0.717) is 11.3 Å². The first-order valence-corrected chi connectivity index (χ1v) is 4.48. The van der Waals surface area contributed by atoms with Gasteiger partial charge in [-0.2, -0.15) is 0 Å². The van der Waals surface area contributed by atoms with E-state index < -0.39 is 11.9 Å². The number of carbonyl (C=O) groups is 1. The van der Waals surface area contributed by atoms with E-state index in [9.17, 15) is 9.18 Å². The standard InChI is InChI=1S/C9H8ClFN2O/c1-12-8-5-2-4(11)3-6(10)7(5)13-9(8)14/h2-3,8,12H,1H3,(H,13,14). The van der Waals surface area contributed by atoms with E-state index in [1.54, 1.807) is 7.05 Å². The van der Waals surface area contributed by atoms with Crippen molar-refractivity contribution in [2.75, 3.05) is 12.4 Å². The monoisotopic (exact) mass is 214 g/mol. The van der Waals surface area contributed by atoms with Crippen molar-refractivity contribution in [2.45, 2.75) is 6.04 Å². The molecule has 0 fully saturated rings. The summed E-state index contributed by atoms with van der Waals surface area (Å²) in [7, 11) is 1.64. The predicted molar refractivity (Wildman–Crippen MR) is 51.8 cm³/mol. The largest absolute Gasteiger partial charge is 0.323 e. The summed E-state index contributed by atoms with van der Waals surface area (Å²) in [6.45, 7) is 0. The van der Waals surface area contributed by atoms with Gasteiger partial charge in [0, 0.05) is 5.56 Å². The quantitative estimate of drug-likeness (QED) is 0.747. The Labute approximate surface area is 85.3 Å². The highest BCUT2D eigenvalue weighted by Gasteiger charge is 2.31. The first-order chi connectivity index (χ1) is 6.63. The number of carbonyl (C=O) groups excluding carboxylic acids is 1. The number of hydrogen-bond acceptors (Lipinski definition) is 2. The molecular weight excluding hydrogens is 207 g/mol. The Morgan fingerprint density at radius 3 is 2.93 bits per heavy atom. The third kappa shape index (κ3) is 1.27. The number of fused-ring (bicyclic) bond motifs is 1. The minimum atomic E-state index is -0.516. The van der Waals surface area contributed by atoms with Crippen LogP contribution in [0.4, 0.5) is 10.1 Å². The van der Waals surface area contributed by atoms with Gasteiger partial charge in [0.2, 0.25) is 5.91 Å². The lowest BCUT2D eigenvalue weighted by Crippen LogP contribution is -2.23. The number of hydrogen-bond donors (Lipinski definition) is 2. The molecule has 0 spiro atoms. The maximum Gasteiger partial charge on any atom is 0.246 e. The van der Waals surface area contributed by atoms with Crippen molar-refractivity contribution < 1.29 is 9.18 Å². The molecule has 2 N–H and O–H groups in total. The maximum absolute atomic E-state index is 13.0. The molecular formula is C9H8ClFN2O. The molecule has 0 saturated carbocycles. The summed E-state index contributed by atoms with van der Waals surface area (Å²) >= 11 is 5.78. The van der Waals surface area contributed by atoms with Crippen molar-refractivity contribution in [1.29, 1.82) is 0 Å². The highest BCUT2D eigenvalue weighted by molar-refractivity contribution is 6.34. The van der Waals surface area contributed by atoms with Gasteiger partial charge in [-0.15, -0.1) is 0 Å². The van der Waals surface area contributed by atoms with Crippen molar-refractivity contribution in [2.24, 2.45) is 0 Å². The van der Waals surface area contributed by atoms with Crippen LogP contribution < -0.4 is 10.6 Å². The molecule has 5 heteroatoms. The van der Waals surface area contributed by atoms with E-state index in [1.165, 1.54) is 12.1 Å². The Bertz CT molecular complexity index is 408. The van der Waals surface area contributed by atoms with Gasteiger partial charge >= 0.3 is 0 Å². The summed E-state index contributed by atoms with van der Waals surface area (Å²) in [6.07, 6.45) is 0. The highest BCUT2D eigenvalue weighted by atomic mass is 35.5. The molecule has 1 aromatic rings. The minimum absolute atomic E-state index is 0.213. The summed E-state index contributed by atoms with van der Waals surface area (Å²) in [5.74, 6) is -0.652. The molecule has 14 heavy (non-hydrogen) atoms. The smallest absolute Gasteiger partial charge is 0.246 e. The van der Waals surface area contributed by atoms with Gasteiger partial charge in [0.1, 0.15) is 11.9 Å². The summed E-state index contributed by atoms with van der Waals surface area (Å²) in [6, 6.07) is 1.97. The van der Waals surface area contributed by atoms with Gasteiger partial charge in [-0.1, -0.05) is 11.6 Å². The lowest BCUT2D eigenvalue weighted by Gasteiger charge is -2.06. The van der Waals surface area contributed by atoms with Crippen molar-refractivity contribution in [1.82, 2.24) is 5.32 Å². The molecule has 1 heterocycles. The molecule has 3 nitrogen and oxygen atoms in total. The molecule has 0 bridgehead atoms. The Hall–Kier alpha value is -1.13. The SMILES string of the molecule is CNC1C(=O)Nc2c(Cl)cc(F)cc21. The third-order valence-corrected chi connectivity index (χ3v) is 2.49. The molecule has 0 saturated heterocycles. The van der Waals surface area contributed by atoms with Crippen LogP contribution in [0.5, 0.6) is 0 Å². The number of amides is 1. The van der Waals surface area contributed by atoms with Crippen LogP contribution in [0.25, 0.3) is 0 Å². The summed E-state index contributed by atoms with van der Waals surface area (Å²) < 4.78 is 13.0. The molecule has 0 radical (unpaired) electrons. The van der Waals surface area contributed by atoms with Gasteiger partial charge in [-0.25, -0.2) is 4.39 Å². The van der Waals surface area contributed by atoms with Gasteiger partial charge in [0.05, 0.1) is 10.7 Å². The summed E-state index contributed by atoms with van der Waals surface area (Å²) in [5, 5.41) is 5.61. The zero-order chi connectivity index (χ0) is 10.3. The van der Waals surface area contributed by atoms with Crippen LogP contribution >= 0.6 is 11.6 Å². The second-order valence-electron chi connectivity index (χ2n) is 3.06. The van der Waals surface area contributed by atoms with Gasteiger partial charge in [0.25, 0.3) is 0 Å². The molecule has 1 amide bonds. The van der Waals surface area contributed by atoms with E-state index in [-0.39, 0.29) is 10.9 Å². The first-order valence-electron chi connectivity index (χ1n) is 4.10. The molecule has 1 aliphatic heterocycles. The highest BCUT2D eigenvalue weighted by Crippen LogP contribution is 2.36. The number of nitrogens with one attached hydrogen (secondary N) is 2. The molecule has 74 valence electrons. The average Bonchev–Trinajstić information content (AvgIpc) is 2.41. The van der Waals surface area contributed by atoms with E-state index in [0.717, 1.165) is 0 Å². The topological polar surface area (TPSA) is 41.1 Å². The van der Waals surface area contributed by atoms with Crippen LogP contribution in [0.3, 0.4) is 0 Å². The van der Waals surface area contributed by atoms with Crippen LogP contribution in [-0.4, -0.2) is 13.0 Å². The van der Waals surface area contributed by atoms with E-state index in [1.807, 2.05) is 0 Å². The van der Waals surface area contributed by atoms with Crippen molar-refractivity contribution in [3.8, 4) is 0 Å². The molecule has 1 aliphatic rings. The second-order valence-corrected chi connectivity index (χ2v) is 3.47. The molecule has 0 aromatic heterocycles. The molecule has 0 aliphatic carbocycles. The lowest BCUT2D eigenvalue weighted by atomic mass is 10.1. The van der Waals surface area contributed by atoms with Crippen molar-refractivity contribution in [3.05, 3.63) is 28.5 Å². The molecule has 1 aromatic carbocycles. The van der Waals surface area contributed by atoms with Crippen LogP contribution in [0.1, 0.15) is 11.6 Å². The van der Waals surface area contributed by atoms with Crippen LogP contribution in [0.2, 0.25) is 5.02 Å². The van der Waals surface area contributed by atoms with E-state index >= 15 is 0 Å². The van der Waals surface area contributed by atoms with Gasteiger partial charge in [0.15, 0.2) is 0 Å². The predicted octanol–water partition coefficient (Wildman–Crippen LogP) is 1.69. The normalized spacial score (nSPS) is 19.4. The fraction of sp³-hybridized carbons (Fsp3) is 0.222. The molecule has 1 unspecified atom stereocenters. The van der Waals surface area contributed by atoms with E-state index in [4.69, 9.17) is 11.6 Å². The average molecular weight is 215 g/mol. The second kappa shape index (κ2) is 3.22. The number of anilines is 1. The van der Waals surface area contributed by atoms with Crippen LogP contribution in [-0.2, 0) is 4.79 Å². The van der Waals surface area contributed by atoms with Gasteiger partial charge < -0.3 is 10.6 Å². The molecule has 1 atom stereocenters. The zero-order valence-corrected chi connectivity index (χ0v) is 8.15. The third-order valence-electron chi connectivity index (χ3n) is 2.20. The minimum Gasteiger partial charge on any atom is -0.323 e. The number of halogens is 2. The fourth-order valence-corrected chi connectivity index (χ4v) is 1.84. The van der Waals surface area contributed by atoms with Crippen molar-refractivity contribution >= 4 is 23.2 Å². The first kappa shape index (κ1) is 9.43. The fourth-order valence-electron chi connectivity index (χ4n) is 1.58. The Kier molecular flexibility index (Phi) is 2.17. The number of benzene rings is 1. The lowest BCUT2D eigenvalue weighted by molar-refractivity contribution is -0.117. The maximum atomic E-state index is 13.0. The summed E-state index contributed by atoms with van der Waals surface area (Å²) in [4.78, 5) is 11.4. The van der Waals surface area contributed by atoms with Gasteiger partial charge in [-0.3, -0.25) is 4.79 Å². The Morgan fingerprint density at radius 2 is 2.29 bits per heavy atom.